The number of nitrogens with one attached hydrogen (secondary N) is 1. The van der Waals surface area contributed by atoms with Crippen LogP contribution >= 0.6 is 0 Å². The SMILES string of the molecule is COc1cc(NCCOCCN(C)C)c(F)cc1[N+](=O)[O-]. The number of halogens is 1. The first-order chi connectivity index (χ1) is 9.95. The van der Waals surface area contributed by atoms with Crippen LogP contribution in [0.25, 0.3) is 0 Å². The first-order valence-corrected chi connectivity index (χ1v) is 6.44. The zero-order valence-corrected chi connectivity index (χ0v) is 12.4. The van der Waals surface area contributed by atoms with Crippen LogP contribution < -0.4 is 10.1 Å². The van der Waals surface area contributed by atoms with E-state index in [1.54, 1.807) is 0 Å². The van der Waals surface area contributed by atoms with Gasteiger partial charge in [-0.1, -0.05) is 0 Å². The van der Waals surface area contributed by atoms with Crippen LogP contribution in [0.5, 0.6) is 5.75 Å². The van der Waals surface area contributed by atoms with Gasteiger partial charge in [-0.2, -0.15) is 0 Å². The normalized spacial score (nSPS) is 10.7. The van der Waals surface area contributed by atoms with Gasteiger partial charge in [0.25, 0.3) is 0 Å². The van der Waals surface area contributed by atoms with Crippen LogP contribution in [-0.2, 0) is 4.74 Å². The van der Waals surface area contributed by atoms with Gasteiger partial charge in [0.05, 0.1) is 37.0 Å². The van der Waals surface area contributed by atoms with Crippen molar-refractivity contribution in [2.45, 2.75) is 0 Å². The van der Waals surface area contributed by atoms with E-state index in [0.29, 0.717) is 19.8 Å². The number of methoxy groups -OCH3 is 1. The Kier molecular flexibility index (Phi) is 6.83. The molecule has 0 aliphatic rings. The van der Waals surface area contributed by atoms with Gasteiger partial charge in [0.1, 0.15) is 0 Å². The van der Waals surface area contributed by atoms with Gasteiger partial charge in [0.15, 0.2) is 11.6 Å². The summed E-state index contributed by atoms with van der Waals surface area (Å²) in [6, 6.07) is 2.11. The Labute approximate surface area is 122 Å². The molecule has 8 heteroatoms. The summed E-state index contributed by atoms with van der Waals surface area (Å²) >= 11 is 0. The lowest BCUT2D eigenvalue weighted by atomic mass is 10.2. The van der Waals surface area contributed by atoms with E-state index in [0.717, 1.165) is 12.6 Å². The first kappa shape index (κ1) is 17.1. The second-order valence-electron chi connectivity index (χ2n) is 4.60. The number of hydrogen-bond donors (Lipinski definition) is 1. The minimum absolute atomic E-state index is 0.0115. The standard InChI is InChI=1S/C13H20FN3O4/c1-16(2)5-7-21-6-4-15-11-9-13(20-3)12(17(18)19)8-10(11)14/h8-9,15H,4-7H2,1-3H3. The average molecular weight is 301 g/mol. The third kappa shape index (κ3) is 5.52. The van der Waals surface area contributed by atoms with Crippen molar-refractivity contribution < 1.29 is 18.8 Å². The van der Waals surface area contributed by atoms with E-state index in [1.165, 1.54) is 13.2 Å². The molecule has 0 fully saturated rings. The second kappa shape index (κ2) is 8.38. The zero-order valence-electron chi connectivity index (χ0n) is 12.4. The molecule has 21 heavy (non-hydrogen) atoms. The number of nitro benzene ring substituents is 1. The molecule has 1 rings (SSSR count). The highest BCUT2D eigenvalue weighted by molar-refractivity contribution is 5.59. The molecule has 0 spiro atoms. The van der Waals surface area contributed by atoms with Crippen LogP contribution in [0.1, 0.15) is 0 Å². The second-order valence-corrected chi connectivity index (χ2v) is 4.60. The first-order valence-electron chi connectivity index (χ1n) is 6.44. The molecule has 0 saturated heterocycles. The number of hydrogen-bond acceptors (Lipinski definition) is 6. The summed E-state index contributed by atoms with van der Waals surface area (Å²) in [5.41, 5.74) is -0.253. The van der Waals surface area contributed by atoms with Crippen LogP contribution in [0.15, 0.2) is 12.1 Å². The molecule has 0 heterocycles. The van der Waals surface area contributed by atoms with E-state index in [4.69, 9.17) is 9.47 Å². The Hall–Kier alpha value is -1.93. The number of anilines is 1. The minimum Gasteiger partial charge on any atom is -0.490 e. The number of likely N-dealkylation sites (N-methyl/N-ethyl adjacent to an activating group) is 1. The van der Waals surface area contributed by atoms with Gasteiger partial charge < -0.3 is 19.7 Å². The van der Waals surface area contributed by atoms with E-state index in [9.17, 15) is 14.5 Å². The van der Waals surface area contributed by atoms with E-state index in [-0.39, 0.29) is 11.4 Å². The number of benzene rings is 1. The van der Waals surface area contributed by atoms with Crippen LogP contribution in [0, 0.1) is 15.9 Å². The summed E-state index contributed by atoms with van der Waals surface area (Å²) < 4.78 is 24.0. The van der Waals surface area contributed by atoms with Crippen LogP contribution in [-0.4, -0.2) is 57.3 Å². The average Bonchev–Trinajstić information content (AvgIpc) is 2.43. The van der Waals surface area contributed by atoms with Gasteiger partial charge in [0, 0.05) is 19.2 Å². The number of nitro groups is 1. The Balaban J connectivity index is 2.54. The Morgan fingerprint density at radius 2 is 2.10 bits per heavy atom. The van der Waals surface area contributed by atoms with Crippen LogP contribution in [0.3, 0.4) is 0 Å². The fourth-order valence-electron chi connectivity index (χ4n) is 1.59. The van der Waals surface area contributed by atoms with Crippen molar-refractivity contribution in [3.05, 3.63) is 28.1 Å². The molecule has 0 amide bonds. The molecule has 0 unspecified atom stereocenters. The lowest BCUT2D eigenvalue weighted by Gasteiger charge is -2.12. The van der Waals surface area contributed by atoms with Crippen molar-refractivity contribution in [1.29, 1.82) is 0 Å². The number of ether oxygens (including phenoxy) is 2. The fraction of sp³-hybridized carbons (Fsp3) is 0.538. The molecule has 0 aliphatic carbocycles. The van der Waals surface area contributed by atoms with Gasteiger partial charge in [-0.05, 0) is 14.1 Å². The van der Waals surface area contributed by atoms with Crippen molar-refractivity contribution in [1.82, 2.24) is 4.90 Å². The third-order valence-corrected chi connectivity index (χ3v) is 2.71. The molecule has 1 N–H and O–H groups in total. The van der Waals surface area contributed by atoms with Crippen molar-refractivity contribution in [2.75, 3.05) is 52.8 Å². The van der Waals surface area contributed by atoms with Gasteiger partial charge in [0.2, 0.25) is 0 Å². The molecule has 0 aromatic heterocycles. The molecular weight excluding hydrogens is 281 g/mol. The lowest BCUT2D eigenvalue weighted by Crippen LogP contribution is -2.20. The Morgan fingerprint density at radius 3 is 2.67 bits per heavy atom. The van der Waals surface area contributed by atoms with E-state index < -0.39 is 16.4 Å². The smallest absolute Gasteiger partial charge is 0.313 e. The topological polar surface area (TPSA) is 76.9 Å². The highest BCUT2D eigenvalue weighted by atomic mass is 19.1. The molecule has 0 saturated carbocycles. The molecule has 0 atom stereocenters. The molecule has 7 nitrogen and oxygen atoms in total. The van der Waals surface area contributed by atoms with Crippen LogP contribution in [0.2, 0.25) is 0 Å². The predicted molar refractivity (Wildman–Crippen MR) is 77.5 cm³/mol. The predicted octanol–water partition coefficient (Wildman–Crippen LogP) is 1.73. The summed E-state index contributed by atoms with van der Waals surface area (Å²) in [7, 11) is 5.19. The Morgan fingerprint density at radius 1 is 1.38 bits per heavy atom. The van der Waals surface area contributed by atoms with Crippen molar-refractivity contribution in [2.24, 2.45) is 0 Å². The van der Waals surface area contributed by atoms with Gasteiger partial charge >= 0.3 is 5.69 Å². The quantitative estimate of drug-likeness (QED) is 0.425. The van der Waals surface area contributed by atoms with Crippen molar-refractivity contribution in [3.63, 3.8) is 0 Å². The monoisotopic (exact) mass is 301 g/mol. The maximum Gasteiger partial charge on any atom is 0.313 e. The number of rotatable bonds is 9. The zero-order chi connectivity index (χ0) is 15.8. The summed E-state index contributed by atoms with van der Waals surface area (Å²) in [5.74, 6) is -0.687. The summed E-state index contributed by atoms with van der Waals surface area (Å²) in [6.45, 7) is 2.19. The molecular formula is C13H20FN3O4. The van der Waals surface area contributed by atoms with E-state index >= 15 is 0 Å². The Bertz CT molecular complexity index is 483. The van der Waals surface area contributed by atoms with Gasteiger partial charge in [-0.15, -0.1) is 0 Å². The molecule has 0 bridgehead atoms. The van der Waals surface area contributed by atoms with Gasteiger partial charge in [-0.25, -0.2) is 4.39 Å². The fourth-order valence-corrected chi connectivity index (χ4v) is 1.59. The summed E-state index contributed by atoms with van der Waals surface area (Å²) in [6.07, 6.45) is 0. The van der Waals surface area contributed by atoms with E-state index in [1.807, 2.05) is 19.0 Å². The third-order valence-electron chi connectivity index (χ3n) is 2.71. The maximum absolute atomic E-state index is 13.7. The van der Waals surface area contributed by atoms with E-state index in [2.05, 4.69) is 5.32 Å². The minimum atomic E-state index is -0.698. The van der Waals surface area contributed by atoms with Gasteiger partial charge in [-0.3, -0.25) is 10.1 Å². The number of nitrogens with zero attached hydrogens (tertiary/aromatic N) is 2. The molecule has 1 aromatic carbocycles. The molecule has 118 valence electrons. The molecule has 0 aliphatic heterocycles. The lowest BCUT2D eigenvalue weighted by molar-refractivity contribution is -0.385. The van der Waals surface area contributed by atoms with Crippen molar-refractivity contribution in [3.8, 4) is 5.75 Å². The van der Waals surface area contributed by atoms with Crippen LogP contribution in [0.4, 0.5) is 15.8 Å². The highest BCUT2D eigenvalue weighted by Crippen LogP contribution is 2.32. The largest absolute Gasteiger partial charge is 0.490 e. The molecule has 1 aromatic rings. The summed E-state index contributed by atoms with van der Waals surface area (Å²) in [4.78, 5) is 12.1. The highest BCUT2D eigenvalue weighted by Gasteiger charge is 2.18. The maximum atomic E-state index is 13.7. The molecule has 0 radical (unpaired) electrons. The summed E-state index contributed by atoms with van der Waals surface area (Å²) in [5, 5.41) is 13.6. The van der Waals surface area contributed by atoms with Crippen molar-refractivity contribution >= 4 is 11.4 Å².